The molecule has 0 spiro atoms. The fourth-order valence-electron chi connectivity index (χ4n) is 1.27. The predicted octanol–water partition coefficient (Wildman–Crippen LogP) is -0.287. The van der Waals surface area contributed by atoms with Gasteiger partial charge < -0.3 is 20.4 Å². The lowest BCUT2D eigenvalue weighted by Crippen LogP contribution is -2.39. The molecular formula is C10H11N3O6S. The third-order valence-corrected chi connectivity index (χ3v) is 2.70. The van der Waals surface area contributed by atoms with Crippen LogP contribution < -0.4 is 5.32 Å². The average molecular weight is 301 g/mol. The maximum absolute atomic E-state index is 11.9. The molecule has 1 aromatic heterocycles. The number of carbonyl (C=O) groups excluding carboxylic acids is 2. The first-order valence-electron chi connectivity index (χ1n) is 5.25. The van der Waals surface area contributed by atoms with E-state index in [9.17, 15) is 19.2 Å². The number of rotatable bonds is 6. The van der Waals surface area contributed by atoms with Gasteiger partial charge in [-0.15, -0.1) is 11.3 Å². The van der Waals surface area contributed by atoms with Crippen molar-refractivity contribution in [3.8, 4) is 0 Å². The van der Waals surface area contributed by atoms with E-state index in [1.807, 2.05) is 0 Å². The van der Waals surface area contributed by atoms with E-state index in [-0.39, 0.29) is 16.7 Å². The highest BCUT2D eigenvalue weighted by Crippen LogP contribution is 2.16. The Morgan fingerprint density at radius 1 is 1.25 bits per heavy atom. The smallest absolute Gasteiger partial charge is 0.323 e. The maximum atomic E-state index is 11.9. The fraction of sp³-hybridized carbons (Fsp3) is 0.300. The van der Waals surface area contributed by atoms with Crippen LogP contribution in [-0.4, -0.2) is 56.9 Å². The van der Waals surface area contributed by atoms with Crippen LogP contribution in [0.4, 0.5) is 5.13 Å². The number of carboxylic acids is 2. The molecule has 1 heterocycles. The van der Waals surface area contributed by atoms with Crippen molar-refractivity contribution in [2.75, 3.05) is 18.4 Å². The Kier molecular flexibility index (Phi) is 5.15. The number of nitrogens with one attached hydrogen (secondary N) is 1. The van der Waals surface area contributed by atoms with E-state index in [0.717, 1.165) is 11.3 Å². The molecule has 20 heavy (non-hydrogen) atoms. The number of thiazole rings is 1. The topological polar surface area (TPSA) is 137 Å². The molecule has 9 nitrogen and oxygen atoms in total. The van der Waals surface area contributed by atoms with Crippen LogP contribution in [0.1, 0.15) is 17.4 Å². The summed E-state index contributed by atoms with van der Waals surface area (Å²) in [6.07, 6.45) is 0. The Bertz CT molecular complexity index is 539. The first kappa shape index (κ1) is 15.6. The third kappa shape index (κ3) is 4.65. The quantitative estimate of drug-likeness (QED) is 0.656. The van der Waals surface area contributed by atoms with Crippen LogP contribution in [0.5, 0.6) is 0 Å². The van der Waals surface area contributed by atoms with Crippen LogP contribution in [-0.2, 0) is 14.4 Å². The number of nitrogens with zero attached hydrogens (tertiary/aromatic N) is 2. The van der Waals surface area contributed by atoms with E-state index >= 15 is 0 Å². The summed E-state index contributed by atoms with van der Waals surface area (Å²) in [6, 6.07) is 0. The van der Waals surface area contributed by atoms with Crippen molar-refractivity contribution in [3.05, 3.63) is 11.1 Å². The van der Waals surface area contributed by atoms with Crippen molar-refractivity contribution >= 4 is 40.2 Å². The van der Waals surface area contributed by atoms with Gasteiger partial charge in [0.2, 0.25) is 5.91 Å². The van der Waals surface area contributed by atoms with Gasteiger partial charge in [-0.3, -0.25) is 19.2 Å². The SMILES string of the molecule is CC(=O)Nc1nc(C(=O)N(CC(=O)O)CC(=O)O)cs1. The predicted molar refractivity (Wildman–Crippen MR) is 67.6 cm³/mol. The number of aliphatic carboxylic acids is 2. The number of carboxylic acid groups (broad SMARTS) is 2. The summed E-state index contributed by atoms with van der Waals surface area (Å²) >= 11 is 0.976. The summed E-state index contributed by atoms with van der Waals surface area (Å²) < 4.78 is 0. The number of hydrogen-bond donors (Lipinski definition) is 3. The normalized spacial score (nSPS) is 9.85. The Hall–Kier alpha value is -2.49. The minimum absolute atomic E-state index is 0.124. The van der Waals surface area contributed by atoms with E-state index in [1.54, 1.807) is 0 Å². The summed E-state index contributed by atoms with van der Waals surface area (Å²) in [6.45, 7) is -0.236. The molecule has 0 fully saturated rings. The molecule has 1 aromatic rings. The van der Waals surface area contributed by atoms with Crippen molar-refractivity contribution in [3.63, 3.8) is 0 Å². The van der Waals surface area contributed by atoms with Gasteiger partial charge in [0.05, 0.1) is 0 Å². The van der Waals surface area contributed by atoms with Crippen molar-refractivity contribution in [1.82, 2.24) is 9.88 Å². The third-order valence-electron chi connectivity index (χ3n) is 1.95. The summed E-state index contributed by atoms with van der Waals surface area (Å²) in [5, 5.41) is 21.2. The number of aromatic nitrogens is 1. The van der Waals surface area contributed by atoms with Gasteiger partial charge in [-0.05, 0) is 0 Å². The summed E-state index contributed by atoms with van der Waals surface area (Å²) in [5.41, 5.74) is -0.124. The highest BCUT2D eigenvalue weighted by molar-refractivity contribution is 7.14. The van der Waals surface area contributed by atoms with Crippen LogP contribution in [0.2, 0.25) is 0 Å². The second kappa shape index (κ2) is 6.61. The molecule has 0 bridgehead atoms. The largest absolute Gasteiger partial charge is 0.480 e. The van der Waals surface area contributed by atoms with Gasteiger partial charge in [0.1, 0.15) is 18.8 Å². The van der Waals surface area contributed by atoms with Crippen molar-refractivity contribution in [1.29, 1.82) is 0 Å². The highest BCUT2D eigenvalue weighted by Gasteiger charge is 2.23. The van der Waals surface area contributed by atoms with Crippen LogP contribution in [0.25, 0.3) is 0 Å². The molecule has 0 atom stereocenters. The van der Waals surface area contributed by atoms with Gasteiger partial charge in [0, 0.05) is 12.3 Å². The first-order chi connectivity index (χ1) is 9.29. The minimum Gasteiger partial charge on any atom is -0.480 e. The lowest BCUT2D eigenvalue weighted by molar-refractivity contribution is -0.140. The summed E-state index contributed by atoms with van der Waals surface area (Å²) in [7, 11) is 0. The van der Waals surface area contributed by atoms with Crippen LogP contribution >= 0.6 is 11.3 Å². The van der Waals surface area contributed by atoms with E-state index < -0.39 is 30.9 Å². The van der Waals surface area contributed by atoms with Crippen LogP contribution in [0, 0.1) is 0 Å². The average Bonchev–Trinajstić information content (AvgIpc) is 2.73. The monoisotopic (exact) mass is 301 g/mol. The van der Waals surface area contributed by atoms with E-state index in [0.29, 0.717) is 4.90 Å². The summed E-state index contributed by atoms with van der Waals surface area (Å²) in [5.74, 6) is -3.87. The Labute approximate surface area is 116 Å². The molecule has 1 rings (SSSR count). The van der Waals surface area contributed by atoms with Gasteiger partial charge in [-0.1, -0.05) is 0 Å². The molecule has 0 saturated heterocycles. The van der Waals surface area contributed by atoms with Gasteiger partial charge in [0.25, 0.3) is 5.91 Å². The molecule has 3 N–H and O–H groups in total. The molecule has 0 aromatic carbocycles. The zero-order valence-electron chi connectivity index (χ0n) is 10.3. The molecule has 0 aliphatic rings. The van der Waals surface area contributed by atoms with Gasteiger partial charge in [0.15, 0.2) is 5.13 Å². The fourth-order valence-corrected chi connectivity index (χ4v) is 2.00. The zero-order chi connectivity index (χ0) is 15.3. The van der Waals surface area contributed by atoms with E-state index in [4.69, 9.17) is 10.2 Å². The Morgan fingerprint density at radius 3 is 2.25 bits per heavy atom. The maximum Gasteiger partial charge on any atom is 0.323 e. The lowest BCUT2D eigenvalue weighted by atomic mass is 10.3. The first-order valence-corrected chi connectivity index (χ1v) is 6.13. The van der Waals surface area contributed by atoms with Crippen molar-refractivity contribution < 1.29 is 29.4 Å². The highest BCUT2D eigenvalue weighted by atomic mass is 32.1. The van der Waals surface area contributed by atoms with Crippen molar-refractivity contribution in [2.24, 2.45) is 0 Å². The van der Waals surface area contributed by atoms with E-state index in [2.05, 4.69) is 10.3 Å². The Morgan fingerprint density at radius 2 is 1.80 bits per heavy atom. The number of amides is 2. The molecule has 0 aliphatic carbocycles. The van der Waals surface area contributed by atoms with Crippen molar-refractivity contribution in [2.45, 2.75) is 6.92 Å². The zero-order valence-corrected chi connectivity index (χ0v) is 11.1. The number of hydrogen-bond acceptors (Lipinski definition) is 6. The number of anilines is 1. The molecule has 0 radical (unpaired) electrons. The van der Waals surface area contributed by atoms with E-state index in [1.165, 1.54) is 12.3 Å². The van der Waals surface area contributed by atoms with Crippen LogP contribution in [0.15, 0.2) is 5.38 Å². The number of carbonyl (C=O) groups is 4. The van der Waals surface area contributed by atoms with Gasteiger partial charge in [-0.2, -0.15) is 0 Å². The Balaban J connectivity index is 2.87. The van der Waals surface area contributed by atoms with Crippen LogP contribution in [0.3, 0.4) is 0 Å². The molecule has 0 aliphatic heterocycles. The molecule has 0 saturated carbocycles. The van der Waals surface area contributed by atoms with Gasteiger partial charge in [-0.25, -0.2) is 4.98 Å². The second-order valence-electron chi connectivity index (χ2n) is 3.67. The molecule has 10 heteroatoms. The van der Waals surface area contributed by atoms with Gasteiger partial charge >= 0.3 is 11.9 Å². The second-order valence-corrected chi connectivity index (χ2v) is 4.53. The summed E-state index contributed by atoms with van der Waals surface area (Å²) in [4.78, 5) is 48.4. The molecule has 0 unspecified atom stereocenters. The standard InChI is InChI=1S/C10H11N3O6S/c1-5(14)11-10-12-6(4-20-10)9(19)13(2-7(15)16)3-8(17)18/h4H,2-3H2,1H3,(H,15,16)(H,17,18)(H,11,12,14). The molecular weight excluding hydrogens is 290 g/mol. The molecule has 2 amide bonds. The lowest BCUT2D eigenvalue weighted by Gasteiger charge is -2.16. The minimum atomic E-state index is -1.34. The molecule has 108 valence electrons.